The Labute approximate surface area is 216 Å². The fourth-order valence-corrected chi connectivity index (χ4v) is 5.42. The number of amides is 1. The quantitative estimate of drug-likeness (QED) is 0.456. The number of fused-ring (bicyclic) bond motifs is 1. The Bertz CT molecular complexity index is 1330. The molecule has 0 bridgehead atoms. The van der Waals surface area contributed by atoms with Crippen molar-refractivity contribution in [2.75, 3.05) is 23.8 Å². The second kappa shape index (κ2) is 10.9. The third-order valence-corrected chi connectivity index (χ3v) is 8.48. The summed E-state index contributed by atoms with van der Waals surface area (Å²) in [5.41, 5.74) is 3.32. The van der Waals surface area contributed by atoms with Crippen LogP contribution in [-0.4, -0.2) is 48.3 Å². The number of sulfone groups is 1. The molecule has 1 aromatic heterocycles. The van der Waals surface area contributed by atoms with Crippen LogP contribution in [0.1, 0.15) is 59.3 Å². The molecule has 10 heteroatoms. The fourth-order valence-electron chi connectivity index (χ4n) is 4.44. The van der Waals surface area contributed by atoms with E-state index in [1.165, 1.54) is 17.7 Å². The van der Waals surface area contributed by atoms with Crippen LogP contribution >= 0.6 is 11.6 Å². The van der Waals surface area contributed by atoms with Crippen LogP contribution in [0.4, 0.5) is 5.95 Å². The topological polar surface area (TPSA) is 112 Å². The normalized spacial score (nSPS) is 16.3. The van der Waals surface area contributed by atoms with Crippen molar-refractivity contribution >= 4 is 33.3 Å². The molecule has 36 heavy (non-hydrogen) atoms. The number of anilines is 1. The van der Waals surface area contributed by atoms with Crippen molar-refractivity contribution in [3.8, 4) is 0 Å². The van der Waals surface area contributed by atoms with Crippen molar-refractivity contribution in [3.63, 3.8) is 0 Å². The van der Waals surface area contributed by atoms with Crippen LogP contribution in [0.15, 0.2) is 59.8 Å². The van der Waals surface area contributed by atoms with Gasteiger partial charge in [-0.15, -0.1) is 0 Å². The first kappa shape index (κ1) is 26.1. The van der Waals surface area contributed by atoms with Crippen LogP contribution in [0.2, 0.25) is 5.02 Å². The number of aliphatic hydroxyl groups excluding tert-OH is 1. The summed E-state index contributed by atoms with van der Waals surface area (Å²) >= 11 is 5.94. The zero-order chi connectivity index (χ0) is 25.9. The van der Waals surface area contributed by atoms with E-state index in [9.17, 15) is 18.3 Å². The van der Waals surface area contributed by atoms with E-state index in [0.29, 0.717) is 28.6 Å². The number of nitrogens with zero attached hydrogens (tertiary/aromatic N) is 3. The van der Waals surface area contributed by atoms with Gasteiger partial charge in [0.05, 0.1) is 40.7 Å². The molecule has 1 aliphatic rings. The summed E-state index contributed by atoms with van der Waals surface area (Å²) in [7, 11) is -3.33. The standard InChI is InChI=1S/C26H29ClN4O4S/c1-3-17-14-31(26-28-12-21(27)13-29-26)15-20-11-19(7-10-23(17)20)25(33)30-24(16-32)18-5-8-22(9-6-18)36(34,35)4-2/h5-13,17,24,32H,3-4,14-16H2,1-2H3,(H,30,33)/t17?,24-/m0/s1. The second-order valence-electron chi connectivity index (χ2n) is 8.78. The van der Waals surface area contributed by atoms with Gasteiger partial charge in [0.1, 0.15) is 0 Å². The molecule has 8 nitrogen and oxygen atoms in total. The number of aromatic nitrogens is 2. The smallest absolute Gasteiger partial charge is 0.251 e. The lowest BCUT2D eigenvalue weighted by molar-refractivity contribution is 0.0916. The number of nitrogens with one attached hydrogen (secondary N) is 1. The lowest BCUT2D eigenvalue weighted by atomic mass is 9.87. The van der Waals surface area contributed by atoms with Gasteiger partial charge < -0.3 is 15.3 Å². The highest BCUT2D eigenvalue weighted by atomic mass is 35.5. The molecule has 0 aliphatic carbocycles. The molecule has 0 saturated carbocycles. The first-order chi connectivity index (χ1) is 17.2. The van der Waals surface area contributed by atoms with Gasteiger partial charge in [-0.25, -0.2) is 18.4 Å². The number of aliphatic hydroxyl groups is 1. The predicted molar refractivity (Wildman–Crippen MR) is 139 cm³/mol. The maximum Gasteiger partial charge on any atom is 0.251 e. The highest BCUT2D eigenvalue weighted by Gasteiger charge is 2.27. The predicted octanol–water partition coefficient (Wildman–Crippen LogP) is 3.90. The molecule has 1 aliphatic heterocycles. The summed E-state index contributed by atoms with van der Waals surface area (Å²) in [5.74, 6) is 0.543. The number of halogens is 1. The minimum Gasteiger partial charge on any atom is -0.394 e. The highest BCUT2D eigenvalue weighted by molar-refractivity contribution is 7.91. The lowest BCUT2D eigenvalue weighted by Crippen LogP contribution is -2.35. The number of hydrogen-bond acceptors (Lipinski definition) is 7. The summed E-state index contributed by atoms with van der Waals surface area (Å²) in [5, 5.41) is 13.3. The van der Waals surface area contributed by atoms with E-state index in [4.69, 9.17) is 11.6 Å². The van der Waals surface area contributed by atoms with E-state index in [2.05, 4.69) is 27.1 Å². The van der Waals surface area contributed by atoms with Crippen LogP contribution in [0.5, 0.6) is 0 Å². The number of benzene rings is 2. The molecule has 2 aromatic carbocycles. The van der Waals surface area contributed by atoms with Gasteiger partial charge in [-0.1, -0.05) is 43.6 Å². The van der Waals surface area contributed by atoms with Crippen molar-refractivity contribution < 1.29 is 18.3 Å². The Morgan fingerprint density at radius 1 is 1.17 bits per heavy atom. The average molecular weight is 529 g/mol. The van der Waals surface area contributed by atoms with Gasteiger partial charge >= 0.3 is 0 Å². The summed E-state index contributed by atoms with van der Waals surface area (Å²) in [6.07, 6.45) is 4.08. The molecular formula is C26H29ClN4O4S. The molecule has 0 saturated heterocycles. The fraction of sp³-hybridized carbons (Fsp3) is 0.346. The zero-order valence-corrected chi connectivity index (χ0v) is 21.8. The van der Waals surface area contributed by atoms with Gasteiger partial charge in [-0.3, -0.25) is 4.79 Å². The summed E-state index contributed by atoms with van der Waals surface area (Å²) in [6.45, 7) is 4.72. The summed E-state index contributed by atoms with van der Waals surface area (Å²) in [6, 6.07) is 11.2. The Morgan fingerprint density at radius 3 is 2.47 bits per heavy atom. The van der Waals surface area contributed by atoms with Crippen LogP contribution in [0.25, 0.3) is 0 Å². The number of carbonyl (C=O) groups excluding carboxylic acids is 1. The van der Waals surface area contributed by atoms with Gasteiger partial charge in [0, 0.05) is 24.6 Å². The minimum absolute atomic E-state index is 0.00526. The molecule has 0 spiro atoms. The average Bonchev–Trinajstić information content (AvgIpc) is 2.91. The van der Waals surface area contributed by atoms with Crippen LogP contribution in [-0.2, 0) is 16.4 Å². The Balaban J connectivity index is 1.54. The molecule has 4 rings (SSSR count). The van der Waals surface area contributed by atoms with Crippen molar-refractivity contribution in [3.05, 3.63) is 82.1 Å². The van der Waals surface area contributed by atoms with Crippen molar-refractivity contribution in [2.24, 2.45) is 0 Å². The van der Waals surface area contributed by atoms with E-state index in [0.717, 1.165) is 18.5 Å². The summed E-state index contributed by atoms with van der Waals surface area (Å²) < 4.78 is 24.1. The molecule has 0 radical (unpaired) electrons. The molecule has 2 heterocycles. The molecule has 2 atom stereocenters. The largest absolute Gasteiger partial charge is 0.394 e. The number of hydrogen-bond donors (Lipinski definition) is 2. The maximum absolute atomic E-state index is 13.1. The number of carbonyl (C=O) groups is 1. The molecular weight excluding hydrogens is 500 g/mol. The van der Waals surface area contributed by atoms with Crippen LogP contribution < -0.4 is 10.2 Å². The maximum atomic E-state index is 13.1. The first-order valence-electron chi connectivity index (χ1n) is 11.9. The van der Waals surface area contributed by atoms with Crippen molar-refractivity contribution in [1.29, 1.82) is 0 Å². The highest BCUT2D eigenvalue weighted by Crippen LogP contribution is 2.33. The molecule has 1 unspecified atom stereocenters. The van der Waals surface area contributed by atoms with E-state index >= 15 is 0 Å². The SMILES string of the molecule is CCC1CN(c2ncc(Cl)cn2)Cc2cc(C(=O)N[C@@H](CO)c3ccc(S(=O)(=O)CC)cc3)ccc21. The molecule has 1 amide bonds. The third-order valence-electron chi connectivity index (χ3n) is 6.54. The van der Waals surface area contributed by atoms with Crippen LogP contribution in [0.3, 0.4) is 0 Å². The van der Waals surface area contributed by atoms with Gasteiger partial charge in [-0.05, 0) is 47.4 Å². The molecule has 2 N–H and O–H groups in total. The Hall–Kier alpha value is -3.01. The minimum atomic E-state index is -3.33. The van der Waals surface area contributed by atoms with E-state index in [-0.39, 0.29) is 29.1 Å². The number of rotatable bonds is 8. The Kier molecular flexibility index (Phi) is 7.92. The Morgan fingerprint density at radius 2 is 1.86 bits per heavy atom. The third kappa shape index (κ3) is 5.53. The van der Waals surface area contributed by atoms with Gasteiger partial charge in [0.2, 0.25) is 5.95 Å². The van der Waals surface area contributed by atoms with Gasteiger partial charge in [0.25, 0.3) is 5.91 Å². The van der Waals surface area contributed by atoms with Gasteiger partial charge in [0.15, 0.2) is 9.84 Å². The van der Waals surface area contributed by atoms with Crippen molar-refractivity contribution in [2.45, 2.75) is 43.7 Å². The summed E-state index contributed by atoms with van der Waals surface area (Å²) in [4.78, 5) is 24.1. The van der Waals surface area contributed by atoms with E-state index in [1.807, 2.05) is 12.1 Å². The first-order valence-corrected chi connectivity index (χ1v) is 13.9. The molecule has 3 aromatic rings. The lowest BCUT2D eigenvalue weighted by Gasteiger charge is -2.34. The monoisotopic (exact) mass is 528 g/mol. The molecule has 190 valence electrons. The van der Waals surface area contributed by atoms with E-state index in [1.54, 1.807) is 37.5 Å². The van der Waals surface area contributed by atoms with Gasteiger partial charge in [-0.2, -0.15) is 0 Å². The van der Waals surface area contributed by atoms with Crippen LogP contribution in [0, 0.1) is 0 Å². The molecule has 0 fully saturated rings. The van der Waals surface area contributed by atoms with Crippen molar-refractivity contribution in [1.82, 2.24) is 15.3 Å². The zero-order valence-electron chi connectivity index (χ0n) is 20.2. The second-order valence-corrected chi connectivity index (χ2v) is 11.5. The van der Waals surface area contributed by atoms with E-state index < -0.39 is 15.9 Å².